The lowest BCUT2D eigenvalue weighted by Gasteiger charge is -2.12. The molecule has 11 rings (SSSR count). The molecule has 0 atom stereocenters. The molecule has 0 spiro atoms. The first-order chi connectivity index (χ1) is 27.8. The van der Waals surface area contributed by atoms with E-state index in [2.05, 4.69) is 132 Å². The number of aromatic nitrogens is 5. The Morgan fingerprint density at radius 2 is 0.821 bits per heavy atom. The molecule has 0 aliphatic heterocycles. The number of benzene rings is 7. The molecule has 0 saturated carbocycles. The maximum Gasteiger partial charge on any atom is 0.164 e. The highest BCUT2D eigenvalue weighted by atomic mass is 32.1. The van der Waals surface area contributed by atoms with E-state index >= 15 is 0 Å². The van der Waals surface area contributed by atoms with E-state index in [0.717, 1.165) is 50.3 Å². The largest absolute Gasteiger partial charge is 0.308 e. The summed E-state index contributed by atoms with van der Waals surface area (Å²) < 4.78 is 4.95. The average molecular weight is 734 g/mol. The standard InChI is InChI=1S/C50H31N5S/c1-4-14-35(15-5-1)48-52-49(36-16-6-2-7-17-36)54-50(53-48)37-30-26-33(27-31-37)32-24-28-34(29-25-32)44-43-45-47(56-46(43)39-20-10-12-22-41(39)51-44)40-21-11-13-23-42(40)55(45)38-18-8-3-9-19-38/h1-31H. The van der Waals surface area contributed by atoms with Crippen molar-refractivity contribution in [1.82, 2.24) is 24.5 Å². The minimum absolute atomic E-state index is 0.640. The van der Waals surface area contributed by atoms with Gasteiger partial charge < -0.3 is 4.57 Å². The van der Waals surface area contributed by atoms with Crippen molar-refractivity contribution < 1.29 is 0 Å². The maximum atomic E-state index is 5.38. The first kappa shape index (κ1) is 32.2. The quantitative estimate of drug-likeness (QED) is 0.171. The van der Waals surface area contributed by atoms with E-state index in [0.29, 0.717) is 17.5 Å². The molecule has 0 unspecified atom stereocenters. The van der Waals surface area contributed by atoms with Crippen LogP contribution in [0.15, 0.2) is 188 Å². The van der Waals surface area contributed by atoms with Gasteiger partial charge in [0.25, 0.3) is 0 Å². The Kier molecular flexibility index (Phi) is 7.60. The van der Waals surface area contributed by atoms with Crippen molar-refractivity contribution in [3.8, 4) is 62.2 Å². The molecule has 0 aliphatic rings. The van der Waals surface area contributed by atoms with Crippen LogP contribution in [0.1, 0.15) is 0 Å². The number of hydrogen-bond acceptors (Lipinski definition) is 5. The van der Waals surface area contributed by atoms with Gasteiger partial charge in [-0.25, -0.2) is 19.9 Å². The van der Waals surface area contributed by atoms with Crippen LogP contribution in [0.2, 0.25) is 0 Å². The van der Waals surface area contributed by atoms with Crippen LogP contribution in [0.5, 0.6) is 0 Å². The zero-order valence-corrected chi connectivity index (χ0v) is 30.9. The fourth-order valence-corrected chi connectivity index (χ4v) is 9.13. The molecule has 262 valence electrons. The zero-order chi connectivity index (χ0) is 37.0. The zero-order valence-electron chi connectivity index (χ0n) is 30.0. The predicted octanol–water partition coefficient (Wildman–Crippen LogP) is 13.1. The van der Waals surface area contributed by atoms with Gasteiger partial charge in [0.2, 0.25) is 0 Å². The average Bonchev–Trinajstić information content (AvgIpc) is 3.83. The van der Waals surface area contributed by atoms with Gasteiger partial charge in [0, 0.05) is 48.8 Å². The molecule has 7 aromatic carbocycles. The van der Waals surface area contributed by atoms with Crippen LogP contribution < -0.4 is 0 Å². The predicted molar refractivity (Wildman–Crippen MR) is 232 cm³/mol. The fourth-order valence-electron chi connectivity index (χ4n) is 7.77. The van der Waals surface area contributed by atoms with Gasteiger partial charge in [-0.1, -0.05) is 164 Å². The first-order valence-corrected chi connectivity index (χ1v) is 19.5. The second-order valence-corrected chi connectivity index (χ2v) is 14.9. The summed E-state index contributed by atoms with van der Waals surface area (Å²) in [6.45, 7) is 0. The molecule has 0 saturated heterocycles. The second kappa shape index (κ2) is 13.2. The van der Waals surface area contributed by atoms with Crippen LogP contribution in [-0.2, 0) is 0 Å². The minimum atomic E-state index is 0.640. The lowest BCUT2D eigenvalue weighted by Crippen LogP contribution is -2.00. The van der Waals surface area contributed by atoms with Gasteiger partial charge in [0.1, 0.15) is 0 Å². The Labute approximate surface area is 326 Å². The number of para-hydroxylation sites is 3. The molecule has 11 aromatic rings. The summed E-state index contributed by atoms with van der Waals surface area (Å²) in [5.41, 5.74) is 11.7. The molecule has 0 radical (unpaired) electrons. The third-order valence-corrected chi connectivity index (χ3v) is 11.7. The summed E-state index contributed by atoms with van der Waals surface area (Å²) in [7, 11) is 0. The monoisotopic (exact) mass is 733 g/mol. The summed E-state index contributed by atoms with van der Waals surface area (Å²) in [6, 6.07) is 65.4. The number of thiophene rings is 1. The number of rotatable bonds is 6. The molecule has 6 heteroatoms. The molecule has 0 amide bonds. The number of nitrogens with zero attached hydrogens (tertiary/aromatic N) is 5. The molecule has 0 N–H and O–H groups in total. The van der Waals surface area contributed by atoms with E-state index in [4.69, 9.17) is 19.9 Å². The van der Waals surface area contributed by atoms with Gasteiger partial charge in [0.05, 0.1) is 26.9 Å². The van der Waals surface area contributed by atoms with E-state index in [1.54, 1.807) is 0 Å². The van der Waals surface area contributed by atoms with Crippen LogP contribution in [-0.4, -0.2) is 24.5 Å². The summed E-state index contributed by atoms with van der Waals surface area (Å²) in [4.78, 5) is 20.1. The normalized spacial score (nSPS) is 11.6. The van der Waals surface area contributed by atoms with Crippen molar-refractivity contribution in [3.63, 3.8) is 0 Å². The van der Waals surface area contributed by atoms with Crippen molar-refractivity contribution >= 4 is 53.4 Å². The van der Waals surface area contributed by atoms with Gasteiger partial charge in [-0.05, 0) is 35.4 Å². The topological polar surface area (TPSA) is 56.5 Å². The van der Waals surface area contributed by atoms with E-state index < -0.39 is 0 Å². The highest BCUT2D eigenvalue weighted by Gasteiger charge is 2.23. The number of fused-ring (bicyclic) bond motifs is 7. The van der Waals surface area contributed by atoms with Crippen molar-refractivity contribution in [2.45, 2.75) is 0 Å². The van der Waals surface area contributed by atoms with Crippen LogP contribution in [0, 0.1) is 0 Å². The van der Waals surface area contributed by atoms with Gasteiger partial charge in [-0.15, -0.1) is 11.3 Å². The Hall–Kier alpha value is -7.28. The Bertz CT molecular complexity index is 3150. The number of pyridine rings is 1. The van der Waals surface area contributed by atoms with Gasteiger partial charge in [-0.2, -0.15) is 0 Å². The molecule has 4 aromatic heterocycles. The van der Waals surface area contributed by atoms with E-state index in [1.165, 1.54) is 36.6 Å². The Morgan fingerprint density at radius 3 is 1.43 bits per heavy atom. The lowest BCUT2D eigenvalue weighted by molar-refractivity contribution is 1.07. The molecule has 56 heavy (non-hydrogen) atoms. The molecular weight excluding hydrogens is 703 g/mol. The van der Waals surface area contributed by atoms with Crippen LogP contribution >= 0.6 is 11.3 Å². The SMILES string of the molecule is c1ccc(-c2nc(-c3ccccc3)nc(-c3ccc(-c4ccc(-c5nc6ccccc6c6sc7c8ccccc8n(-c8ccccc8)c7c56)cc4)cc3)n2)cc1. The molecule has 0 fully saturated rings. The van der Waals surface area contributed by atoms with Gasteiger partial charge in [-0.3, -0.25) is 0 Å². The molecule has 0 bridgehead atoms. The lowest BCUT2D eigenvalue weighted by atomic mass is 9.99. The third kappa shape index (κ3) is 5.38. The van der Waals surface area contributed by atoms with E-state index in [-0.39, 0.29) is 0 Å². The van der Waals surface area contributed by atoms with Crippen molar-refractivity contribution in [1.29, 1.82) is 0 Å². The summed E-state index contributed by atoms with van der Waals surface area (Å²) >= 11 is 1.87. The summed E-state index contributed by atoms with van der Waals surface area (Å²) in [5, 5.41) is 3.62. The van der Waals surface area contributed by atoms with Crippen molar-refractivity contribution in [2.24, 2.45) is 0 Å². The van der Waals surface area contributed by atoms with Crippen LogP contribution in [0.3, 0.4) is 0 Å². The van der Waals surface area contributed by atoms with Crippen molar-refractivity contribution in [2.75, 3.05) is 0 Å². The van der Waals surface area contributed by atoms with Gasteiger partial charge >= 0.3 is 0 Å². The second-order valence-electron chi connectivity index (χ2n) is 13.8. The number of hydrogen-bond donors (Lipinski definition) is 0. The Morgan fingerprint density at radius 1 is 0.357 bits per heavy atom. The smallest absolute Gasteiger partial charge is 0.164 e. The molecular formula is C50H31N5S. The minimum Gasteiger partial charge on any atom is -0.308 e. The molecule has 0 aliphatic carbocycles. The fraction of sp³-hybridized carbons (Fsp3) is 0. The first-order valence-electron chi connectivity index (χ1n) is 18.6. The molecule has 5 nitrogen and oxygen atoms in total. The maximum absolute atomic E-state index is 5.38. The third-order valence-electron chi connectivity index (χ3n) is 10.5. The highest BCUT2D eigenvalue weighted by molar-refractivity contribution is 7.27. The van der Waals surface area contributed by atoms with E-state index in [1.807, 2.05) is 72.0 Å². The van der Waals surface area contributed by atoms with E-state index in [9.17, 15) is 0 Å². The highest BCUT2D eigenvalue weighted by Crippen LogP contribution is 2.47. The van der Waals surface area contributed by atoms with Crippen LogP contribution in [0.25, 0.3) is 104 Å². The summed E-state index contributed by atoms with van der Waals surface area (Å²) in [5.74, 6) is 1.94. The van der Waals surface area contributed by atoms with Gasteiger partial charge in [0.15, 0.2) is 17.5 Å². The molecule has 4 heterocycles. The summed E-state index contributed by atoms with van der Waals surface area (Å²) in [6.07, 6.45) is 0. The Balaban J connectivity index is 1.01. The van der Waals surface area contributed by atoms with Crippen molar-refractivity contribution in [3.05, 3.63) is 188 Å². The van der Waals surface area contributed by atoms with Crippen LogP contribution in [0.4, 0.5) is 0 Å².